The summed E-state index contributed by atoms with van der Waals surface area (Å²) in [7, 11) is 0. The van der Waals surface area contributed by atoms with E-state index < -0.39 is 0 Å². The van der Waals surface area contributed by atoms with Crippen LogP contribution in [0.1, 0.15) is 24.1 Å². The van der Waals surface area contributed by atoms with Gasteiger partial charge in [0.05, 0.1) is 12.6 Å². The number of hydrogen-bond acceptors (Lipinski definition) is 4. The molecule has 0 saturated carbocycles. The molecule has 0 aliphatic carbocycles. The van der Waals surface area contributed by atoms with Gasteiger partial charge in [0.15, 0.2) is 0 Å². The molecule has 1 aromatic heterocycles. The molecule has 4 heteroatoms. The third-order valence-corrected chi connectivity index (χ3v) is 2.49. The van der Waals surface area contributed by atoms with Crippen molar-refractivity contribution < 1.29 is 4.74 Å². The second-order valence-corrected chi connectivity index (χ2v) is 3.62. The molecule has 2 N–H and O–H groups in total. The quantitative estimate of drug-likeness (QED) is 0.870. The van der Waals surface area contributed by atoms with Crippen LogP contribution in [0.25, 0.3) is 0 Å². The summed E-state index contributed by atoms with van der Waals surface area (Å²) >= 11 is 0. The fourth-order valence-electron chi connectivity index (χ4n) is 1.68. The predicted molar refractivity (Wildman–Crippen MR) is 65.7 cm³/mol. The van der Waals surface area contributed by atoms with Crippen LogP contribution in [0.3, 0.4) is 0 Å². The van der Waals surface area contributed by atoms with E-state index in [1.165, 1.54) is 6.33 Å². The molecular formula is C13H15N3O. The van der Waals surface area contributed by atoms with Crippen LogP contribution in [-0.2, 0) is 0 Å². The Morgan fingerprint density at radius 1 is 1.24 bits per heavy atom. The molecule has 0 spiro atoms. The normalized spacial score (nSPS) is 12.1. The van der Waals surface area contributed by atoms with E-state index in [0.717, 1.165) is 16.9 Å². The van der Waals surface area contributed by atoms with E-state index in [1.54, 1.807) is 12.4 Å². The molecule has 0 fully saturated rings. The van der Waals surface area contributed by atoms with Crippen molar-refractivity contribution in [3.05, 3.63) is 54.1 Å². The smallest absolute Gasteiger partial charge is 0.124 e. The Labute approximate surface area is 100 Å². The molecule has 1 atom stereocenters. The van der Waals surface area contributed by atoms with Crippen molar-refractivity contribution >= 4 is 0 Å². The minimum absolute atomic E-state index is 0.265. The Morgan fingerprint density at radius 2 is 1.94 bits per heavy atom. The molecule has 0 amide bonds. The van der Waals surface area contributed by atoms with E-state index in [2.05, 4.69) is 9.97 Å². The molecule has 0 aliphatic heterocycles. The molecule has 2 rings (SSSR count). The second-order valence-electron chi connectivity index (χ2n) is 3.62. The number of nitrogens with zero attached hydrogens (tertiary/aromatic N) is 2. The zero-order valence-electron chi connectivity index (χ0n) is 9.71. The first kappa shape index (κ1) is 11.5. The maximum atomic E-state index is 6.19. The third kappa shape index (κ3) is 2.60. The highest BCUT2D eigenvalue weighted by molar-refractivity contribution is 5.40. The zero-order valence-corrected chi connectivity index (χ0v) is 9.71. The number of nitrogens with two attached hydrogens (primary N) is 1. The van der Waals surface area contributed by atoms with Crippen molar-refractivity contribution in [1.29, 1.82) is 0 Å². The molecule has 0 saturated heterocycles. The molecule has 1 heterocycles. The van der Waals surface area contributed by atoms with Crippen molar-refractivity contribution in [2.45, 2.75) is 13.0 Å². The molecule has 0 bridgehead atoms. The van der Waals surface area contributed by atoms with E-state index in [1.807, 2.05) is 31.2 Å². The van der Waals surface area contributed by atoms with Crippen LogP contribution in [0.15, 0.2) is 43.0 Å². The summed E-state index contributed by atoms with van der Waals surface area (Å²) in [6, 6.07) is 7.49. The van der Waals surface area contributed by atoms with Crippen LogP contribution in [0, 0.1) is 0 Å². The SMILES string of the molecule is CCOc1ccccc1C(N)c1cncnc1. The highest BCUT2D eigenvalue weighted by Gasteiger charge is 2.13. The fourth-order valence-corrected chi connectivity index (χ4v) is 1.68. The molecular weight excluding hydrogens is 214 g/mol. The van der Waals surface area contributed by atoms with E-state index in [-0.39, 0.29) is 6.04 Å². The van der Waals surface area contributed by atoms with Gasteiger partial charge in [0, 0.05) is 23.5 Å². The van der Waals surface area contributed by atoms with Crippen LogP contribution >= 0.6 is 0 Å². The van der Waals surface area contributed by atoms with Crippen LogP contribution in [-0.4, -0.2) is 16.6 Å². The highest BCUT2D eigenvalue weighted by Crippen LogP contribution is 2.27. The average molecular weight is 229 g/mol. The van der Waals surface area contributed by atoms with Gasteiger partial charge < -0.3 is 10.5 Å². The van der Waals surface area contributed by atoms with E-state index >= 15 is 0 Å². The Morgan fingerprint density at radius 3 is 2.65 bits per heavy atom. The Hall–Kier alpha value is -1.94. The van der Waals surface area contributed by atoms with Gasteiger partial charge in [-0.05, 0) is 13.0 Å². The van der Waals surface area contributed by atoms with Gasteiger partial charge in [-0.25, -0.2) is 9.97 Å². The summed E-state index contributed by atoms with van der Waals surface area (Å²) < 4.78 is 5.56. The first-order chi connectivity index (χ1) is 8.33. The number of hydrogen-bond donors (Lipinski definition) is 1. The second kappa shape index (κ2) is 5.41. The van der Waals surface area contributed by atoms with Crippen molar-refractivity contribution in [2.24, 2.45) is 5.73 Å². The topological polar surface area (TPSA) is 61.0 Å². The van der Waals surface area contributed by atoms with Crippen molar-refractivity contribution in [3.63, 3.8) is 0 Å². The first-order valence-electron chi connectivity index (χ1n) is 5.55. The molecule has 4 nitrogen and oxygen atoms in total. The largest absolute Gasteiger partial charge is 0.494 e. The number of aromatic nitrogens is 2. The minimum Gasteiger partial charge on any atom is -0.494 e. The van der Waals surface area contributed by atoms with Gasteiger partial charge >= 0.3 is 0 Å². The monoisotopic (exact) mass is 229 g/mol. The minimum atomic E-state index is -0.265. The Kier molecular flexibility index (Phi) is 3.67. The standard InChI is InChI=1S/C13H15N3O/c1-2-17-12-6-4-3-5-11(12)13(14)10-7-15-9-16-8-10/h3-9,13H,2,14H2,1H3. The molecule has 2 aromatic rings. The van der Waals surface area contributed by atoms with E-state index in [0.29, 0.717) is 6.61 Å². The Bertz CT molecular complexity index is 473. The van der Waals surface area contributed by atoms with Gasteiger partial charge in [0.25, 0.3) is 0 Å². The van der Waals surface area contributed by atoms with Gasteiger partial charge in [-0.15, -0.1) is 0 Å². The maximum absolute atomic E-state index is 6.19. The number of rotatable bonds is 4. The molecule has 17 heavy (non-hydrogen) atoms. The Balaban J connectivity index is 2.33. The van der Waals surface area contributed by atoms with Crippen molar-refractivity contribution in [3.8, 4) is 5.75 Å². The summed E-state index contributed by atoms with van der Waals surface area (Å²) in [5.41, 5.74) is 8.01. The van der Waals surface area contributed by atoms with Gasteiger partial charge in [-0.2, -0.15) is 0 Å². The van der Waals surface area contributed by atoms with E-state index in [4.69, 9.17) is 10.5 Å². The average Bonchev–Trinajstić information content (AvgIpc) is 2.40. The summed E-state index contributed by atoms with van der Waals surface area (Å²) in [5.74, 6) is 0.811. The summed E-state index contributed by atoms with van der Waals surface area (Å²) in [6.07, 6.45) is 4.94. The van der Waals surface area contributed by atoms with Gasteiger partial charge in [-0.3, -0.25) is 0 Å². The van der Waals surface area contributed by atoms with Crippen molar-refractivity contribution in [2.75, 3.05) is 6.61 Å². The molecule has 0 aliphatic rings. The van der Waals surface area contributed by atoms with E-state index in [9.17, 15) is 0 Å². The molecule has 1 unspecified atom stereocenters. The van der Waals surface area contributed by atoms with Crippen LogP contribution in [0.5, 0.6) is 5.75 Å². The maximum Gasteiger partial charge on any atom is 0.124 e. The first-order valence-corrected chi connectivity index (χ1v) is 5.55. The molecule has 1 aromatic carbocycles. The summed E-state index contributed by atoms with van der Waals surface area (Å²) in [5, 5.41) is 0. The summed E-state index contributed by atoms with van der Waals surface area (Å²) in [4.78, 5) is 7.95. The van der Waals surface area contributed by atoms with Crippen LogP contribution in [0.2, 0.25) is 0 Å². The lowest BCUT2D eigenvalue weighted by Crippen LogP contribution is -2.14. The van der Waals surface area contributed by atoms with Crippen LogP contribution in [0.4, 0.5) is 0 Å². The number of para-hydroxylation sites is 1. The van der Waals surface area contributed by atoms with Gasteiger partial charge in [-0.1, -0.05) is 18.2 Å². The number of ether oxygens (including phenoxy) is 1. The third-order valence-electron chi connectivity index (χ3n) is 2.49. The lowest BCUT2D eigenvalue weighted by Gasteiger charge is -2.16. The summed E-state index contributed by atoms with van der Waals surface area (Å²) in [6.45, 7) is 2.57. The number of benzene rings is 1. The molecule has 0 radical (unpaired) electrons. The lowest BCUT2D eigenvalue weighted by atomic mass is 10.0. The predicted octanol–water partition coefficient (Wildman–Crippen LogP) is 1.92. The lowest BCUT2D eigenvalue weighted by molar-refractivity contribution is 0.335. The fraction of sp³-hybridized carbons (Fsp3) is 0.231. The van der Waals surface area contributed by atoms with Crippen molar-refractivity contribution in [1.82, 2.24) is 9.97 Å². The van der Waals surface area contributed by atoms with Crippen LogP contribution < -0.4 is 10.5 Å². The zero-order chi connectivity index (χ0) is 12.1. The molecule has 88 valence electrons. The highest BCUT2D eigenvalue weighted by atomic mass is 16.5. The van der Waals surface area contributed by atoms with Gasteiger partial charge in [0.2, 0.25) is 0 Å². The van der Waals surface area contributed by atoms with Gasteiger partial charge in [0.1, 0.15) is 12.1 Å².